The van der Waals surface area contributed by atoms with Gasteiger partial charge in [0.05, 0.1) is 17.7 Å². The molecule has 1 rings (SSSR count). The third-order valence-corrected chi connectivity index (χ3v) is 2.80. The molecule has 0 fully saturated rings. The van der Waals surface area contributed by atoms with Gasteiger partial charge in [-0.1, -0.05) is 0 Å². The van der Waals surface area contributed by atoms with Gasteiger partial charge in [-0.2, -0.15) is 0 Å². The number of ether oxygens (including phenoxy) is 1. The first-order valence-electron chi connectivity index (χ1n) is 3.99. The van der Waals surface area contributed by atoms with Crippen LogP contribution in [0.1, 0.15) is 0 Å². The molecule has 0 aromatic rings. The summed E-state index contributed by atoms with van der Waals surface area (Å²) in [5, 5.41) is 10.8. The molecule has 7 heteroatoms. The highest BCUT2D eigenvalue weighted by Gasteiger charge is 2.47. The number of nitrogens with zero attached hydrogens (tertiary/aromatic N) is 1. The number of hydrogen-bond donors (Lipinski definition) is 1. The number of rotatable bonds is 3. The smallest absolute Gasteiger partial charge is 0.308 e. The number of aldehydes is 1. The highest BCUT2D eigenvalue weighted by molar-refractivity contribution is 9.11. The number of hydrogen-bond acceptors (Lipinski definition) is 5. The highest BCUT2D eigenvalue weighted by atomic mass is 79.9. The summed E-state index contributed by atoms with van der Waals surface area (Å²) in [6.07, 6.45) is 2.91. The largest absolute Gasteiger partial charge is 0.496 e. The van der Waals surface area contributed by atoms with Crippen molar-refractivity contribution in [2.24, 2.45) is 11.7 Å². The summed E-state index contributed by atoms with van der Waals surface area (Å²) in [7, 11) is 1.36. The first kappa shape index (κ1) is 11.9. The Morgan fingerprint density at radius 3 is 2.80 bits per heavy atom. The van der Waals surface area contributed by atoms with Gasteiger partial charge in [-0.3, -0.25) is 15.8 Å². The molecule has 2 atom stereocenters. The van der Waals surface area contributed by atoms with Crippen LogP contribution in [0.3, 0.4) is 0 Å². The topological polar surface area (TPSA) is 95.5 Å². The van der Waals surface area contributed by atoms with Crippen LogP contribution in [0.4, 0.5) is 0 Å². The number of nitrogens with two attached hydrogens (primary N) is 1. The number of halogens is 1. The van der Waals surface area contributed by atoms with E-state index in [-0.39, 0.29) is 5.76 Å². The van der Waals surface area contributed by atoms with E-state index in [9.17, 15) is 14.9 Å². The van der Waals surface area contributed by atoms with E-state index >= 15 is 0 Å². The Hall–Kier alpha value is -1.21. The Kier molecular flexibility index (Phi) is 3.25. The van der Waals surface area contributed by atoms with Crippen LogP contribution in [0.25, 0.3) is 0 Å². The van der Waals surface area contributed by atoms with Gasteiger partial charge in [-0.15, -0.1) is 0 Å². The monoisotopic (exact) mass is 276 g/mol. The maximum absolute atomic E-state index is 10.8. The summed E-state index contributed by atoms with van der Waals surface area (Å²) in [5.41, 5.74) is 3.59. The summed E-state index contributed by atoms with van der Waals surface area (Å²) in [6, 6.07) is 0. The van der Waals surface area contributed by atoms with Gasteiger partial charge in [0.15, 0.2) is 0 Å². The van der Waals surface area contributed by atoms with Crippen molar-refractivity contribution in [2.45, 2.75) is 5.66 Å². The summed E-state index contributed by atoms with van der Waals surface area (Å²) in [5.74, 6) is -0.770. The van der Waals surface area contributed by atoms with Crippen molar-refractivity contribution in [3.63, 3.8) is 0 Å². The van der Waals surface area contributed by atoms with Crippen molar-refractivity contribution < 1.29 is 14.5 Å². The standard InChI is InChI=1S/C8H9BrN2O4/c1-15-7-3-8(10,11(13)14)5(4-12)2-6(7)9/h2-5H,10H2,1H3. The van der Waals surface area contributed by atoms with Gasteiger partial charge in [0.1, 0.15) is 18.0 Å². The van der Waals surface area contributed by atoms with Crippen molar-refractivity contribution in [2.75, 3.05) is 7.11 Å². The van der Waals surface area contributed by atoms with Crippen molar-refractivity contribution in [3.05, 3.63) is 32.5 Å². The molecule has 0 spiro atoms. The molecule has 0 aliphatic heterocycles. The van der Waals surface area contributed by atoms with Crippen molar-refractivity contribution >= 4 is 22.2 Å². The predicted molar refractivity (Wildman–Crippen MR) is 55.6 cm³/mol. The van der Waals surface area contributed by atoms with Crippen molar-refractivity contribution in [1.29, 1.82) is 0 Å². The van der Waals surface area contributed by atoms with E-state index in [1.54, 1.807) is 0 Å². The van der Waals surface area contributed by atoms with Gasteiger partial charge in [0, 0.05) is 4.92 Å². The second-order valence-electron chi connectivity index (χ2n) is 3.03. The molecule has 6 nitrogen and oxygen atoms in total. The molecular formula is C8H9BrN2O4. The zero-order valence-electron chi connectivity index (χ0n) is 7.84. The number of carbonyl (C=O) groups excluding carboxylic acids is 1. The van der Waals surface area contributed by atoms with Crippen LogP contribution in [0.5, 0.6) is 0 Å². The van der Waals surface area contributed by atoms with Gasteiger partial charge in [-0.25, -0.2) is 0 Å². The maximum Gasteiger partial charge on any atom is 0.308 e. The molecule has 0 heterocycles. The van der Waals surface area contributed by atoms with Crippen molar-refractivity contribution in [3.8, 4) is 0 Å². The SMILES string of the molecule is COC1=CC(N)([N+](=O)[O-])C(C=O)C=C1Br. The molecule has 0 saturated heterocycles. The van der Waals surface area contributed by atoms with Crippen LogP contribution in [0, 0.1) is 16.0 Å². The molecule has 82 valence electrons. The summed E-state index contributed by atoms with van der Waals surface area (Å²) in [4.78, 5) is 20.8. The average molecular weight is 277 g/mol. The average Bonchev–Trinajstić information content (AvgIpc) is 2.20. The highest BCUT2D eigenvalue weighted by Crippen LogP contribution is 2.32. The minimum Gasteiger partial charge on any atom is -0.496 e. The number of nitro groups is 1. The molecule has 15 heavy (non-hydrogen) atoms. The second kappa shape index (κ2) is 4.11. The molecular weight excluding hydrogens is 268 g/mol. The van der Waals surface area contributed by atoms with Crippen LogP contribution < -0.4 is 5.73 Å². The summed E-state index contributed by atoms with van der Waals surface area (Å²) < 4.78 is 5.36. The fraction of sp³-hybridized carbons (Fsp3) is 0.375. The Bertz CT molecular complexity index is 366. The minimum atomic E-state index is -1.94. The van der Waals surface area contributed by atoms with Gasteiger partial charge >= 0.3 is 5.66 Å². The van der Waals surface area contributed by atoms with Crippen LogP contribution in [-0.4, -0.2) is 24.0 Å². The zero-order chi connectivity index (χ0) is 11.6. The molecule has 0 saturated carbocycles. The fourth-order valence-corrected chi connectivity index (χ4v) is 1.79. The fourth-order valence-electron chi connectivity index (χ4n) is 1.23. The number of methoxy groups -OCH3 is 1. The number of allylic oxidation sites excluding steroid dienone is 1. The molecule has 0 amide bonds. The lowest BCUT2D eigenvalue weighted by Gasteiger charge is -2.25. The van der Waals surface area contributed by atoms with E-state index in [0.717, 1.165) is 6.08 Å². The zero-order valence-corrected chi connectivity index (χ0v) is 9.43. The molecule has 2 N–H and O–H groups in total. The predicted octanol–water partition coefficient (Wildman–Crippen LogP) is 0.556. The summed E-state index contributed by atoms with van der Waals surface area (Å²) in [6.45, 7) is 0. The van der Waals surface area contributed by atoms with Crippen LogP contribution in [0.2, 0.25) is 0 Å². The van der Waals surface area contributed by atoms with E-state index in [0.29, 0.717) is 10.8 Å². The van der Waals surface area contributed by atoms with Gasteiger partial charge in [-0.05, 0) is 22.0 Å². The third-order valence-electron chi connectivity index (χ3n) is 2.14. The number of carbonyl (C=O) groups is 1. The lowest BCUT2D eigenvalue weighted by molar-refractivity contribution is -0.559. The van der Waals surface area contributed by atoms with E-state index in [1.807, 2.05) is 0 Å². The van der Waals surface area contributed by atoms with Crippen LogP contribution in [0.15, 0.2) is 22.4 Å². The lowest BCUT2D eigenvalue weighted by Crippen LogP contribution is -2.53. The molecule has 0 bridgehead atoms. The van der Waals surface area contributed by atoms with Crippen molar-refractivity contribution in [1.82, 2.24) is 0 Å². The lowest BCUT2D eigenvalue weighted by atomic mass is 9.90. The molecule has 0 aromatic heterocycles. The Morgan fingerprint density at radius 1 is 1.80 bits per heavy atom. The van der Waals surface area contributed by atoms with Crippen LogP contribution >= 0.6 is 15.9 Å². The molecule has 1 aliphatic rings. The van der Waals surface area contributed by atoms with Gasteiger partial charge in [0.2, 0.25) is 0 Å². The third kappa shape index (κ3) is 1.93. The molecule has 0 aromatic carbocycles. The quantitative estimate of drug-likeness (QED) is 0.352. The minimum absolute atomic E-state index is 0.243. The first-order chi connectivity index (χ1) is 6.95. The van der Waals surface area contributed by atoms with Gasteiger partial charge < -0.3 is 9.53 Å². The van der Waals surface area contributed by atoms with E-state index in [2.05, 4.69) is 15.9 Å². The first-order valence-corrected chi connectivity index (χ1v) is 4.78. The Balaban J connectivity index is 3.22. The normalized spacial score (nSPS) is 30.2. The Labute approximate surface area is 94.0 Å². The van der Waals surface area contributed by atoms with E-state index in [4.69, 9.17) is 10.5 Å². The Morgan fingerprint density at radius 2 is 2.40 bits per heavy atom. The van der Waals surface area contributed by atoms with Gasteiger partial charge in [0.25, 0.3) is 0 Å². The molecule has 0 radical (unpaired) electrons. The van der Waals surface area contributed by atoms with E-state index < -0.39 is 16.5 Å². The van der Waals surface area contributed by atoms with Crippen LogP contribution in [-0.2, 0) is 9.53 Å². The molecule has 1 aliphatic carbocycles. The van der Waals surface area contributed by atoms with E-state index in [1.165, 1.54) is 13.2 Å². The summed E-state index contributed by atoms with van der Waals surface area (Å²) >= 11 is 3.13. The molecule has 2 unspecified atom stereocenters. The second-order valence-corrected chi connectivity index (χ2v) is 3.89. The maximum atomic E-state index is 10.8.